The van der Waals surface area contributed by atoms with Gasteiger partial charge in [-0.25, -0.2) is 0 Å². The van der Waals surface area contributed by atoms with Crippen molar-refractivity contribution in [2.45, 2.75) is 43.8 Å². The zero-order valence-corrected chi connectivity index (χ0v) is 18.2. The first-order valence-corrected chi connectivity index (χ1v) is 10.4. The smallest absolute Gasteiger partial charge is 0.254 e. The van der Waals surface area contributed by atoms with E-state index >= 15 is 0 Å². The van der Waals surface area contributed by atoms with Crippen molar-refractivity contribution >= 4 is 29.2 Å². The number of nitrogens with one attached hydrogen (secondary N) is 2. The lowest BCUT2D eigenvalue weighted by Crippen LogP contribution is -2.48. The van der Waals surface area contributed by atoms with Gasteiger partial charge in [0.2, 0.25) is 0 Å². The van der Waals surface area contributed by atoms with E-state index in [1.807, 2.05) is 43.4 Å². The molecule has 5 nitrogen and oxygen atoms in total. The molecule has 0 saturated carbocycles. The van der Waals surface area contributed by atoms with Crippen LogP contribution in [0.25, 0.3) is 22.2 Å². The van der Waals surface area contributed by atoms with Gasteiger partial charge in [-0.05, 0) is 49.4 Å². The number of nitrogens with zero attached hydrogens (tertiary/aromatic N) is 1. The maximum absolute atomic E-state index is 13.6. The Kier molecular flexibility index (Phi) is 5.76. The molecular weight excluding hydrogens is 398 g/mol. The number of aryl methyl sites for hydroxylation is 1. The standard InChI is InChI=1S/C24H27N3O2.ClH/c1-27-21-11-10-19(29-2)14-20(21)22(23(27)15-6-4-3-5-7-15)24(28)26-18-12-16-8-9-17(13-18)25-16;/h3-7,10-11,14,16-18,25H,8-9,12-13H2,1-2H3,(H,26,28);1H. The minimum absolute atomic E-state index is 0. The van der Waals surface area contributed by atoms with Gasteiger partial charge in [0, 0.05) is 36.1 Å². The molecule has 2 atom stereocenters. The number of piperidine rings is 1. The minimum atomic E-state index is 0. The minimum Gasteiger partial charge on any atom is -0.497 e. The molecule has 158 valence electrons. The third-order valence-corrected chi connectivity index (χ3v) is 6.49. The maximum atomic E-state index is 13.6. The summed E-state index contributed by atoms with van der Waals surface area (Å²) in [6.45, 7) is 0. The summed E-state index contributed by atoms with van der Waals surface area (Å²) in [5, 5.41) is 7.93. The summed E-state index contributed by atoms with van der Waals surface area (Å²) in [4.78, 5) is 13.6. The van der Waals surface area contributed by atoms with Crippen molar-refractivity contribution in [3.63, 3.8) is 0 Å². The van der Waals surface area contributed by atoms with E-state index in [0.29, 0.717) is 12.1 Å². The number of halogens is 1. The molecule has 0 aliphatic carbocycles. The number of aromatic nitrogens is 1. The number of methoxy groups -OCH3 is 1. The van der Waals surface area contributed by atoms with Gasteiger partial charge in [-0.3, -0.25) is 4.79 Å². The molecule has 2 saturated heterocycles. The second-order valence-corrected chi connectivity index (χ2v) is 8.31. The Hall–Kier alpha value is -2.50. The molecule has 3 heterocycles. The fourth-order valence-electron chi connectivity index (χ4n) is 5.15. The van der Waals surface area contributed by atoms with Gasteiger partial charge in [-0.2, -0.15) is 0 Å². The second-order valence-electron chi connectivity index (χ2n) is 8.31. The van der Waals surface area contributed by atoms with Crippen molar-refractivity contribution in [1.82, 2.24) is 15.2 Å². The summed E-state index contributed by atoms with van der Waals surface area (Å²) in [5.41, 5.74) is 3.75. The van der Waals surface area contributed by atoms with E-state index in [1.165, 1.54) is 12.8 Å². The lowest BCUT2D eigenvalue weighted by molar-refractivity contribution is 0.0926. The van der Waals surface area contributed by atoms with Crippen LogP contribution in [0.5, 0.6) is 5.75 Å². The molecule has 2 fully saturated rings. The van der Waals surface area contributed by atoms with Crippen LogP contribution in [0.4, 0.5) is 0 Å². The fraction of sp³-hybridized carbons (Fsp3) is 0.375. The van der Waals surface area contributed by atoms with E-state index in [9.17, 15) is 4.79 Å². The lowest BCUT2D eigenvalue weighted by atomic mass is 9.98. The number of ether oxygens (including phenoxy) is 1. The van der Waals surface area contributed by atoms with Crippen molar-refractivity contribution < 1.29 is 9.53 Å². The molecular formula is C24H28ClN3O2. The molecule has 2 unspecified atom stereocenters. The number of hydrogen-bond donors (Lipinski definition) is 2. The van der Waals surface area contributed by atoms with Crippen LogP contribution in [0.1, 0.15) is 36.0 Å². The van der Waals surface area contributed by atoms with E-state index in [0.717, 1.165) is 46.3 Å². The van der Waals surface area contributed by atoms with Crippen LogP contribution in [0.3, 0.4) is 0 Å². The monoisotopic (exact) mass is 425 g/mol. The molecule has 30 heavy (non-hydrogen) atoms. The number of rotatable bonds is 4. The summed E-state index contributed by atoms with van der Waals surface area (Å²) in [6.07, 6.45) is 4.46. The maximum Gasteiger partial charge on any atom is 0.254 e. The van der Waals surface area contributed by atoms with Crippen LogP contribution in [0.15, 0.2) is 48.5 Å². The zero-order chi connectivity index (χ0) is 20.0. The summed E-state index contributed by atoms with van der Waals surface area (Å²) in [6, 6.07) is 17.4. The highest BCUT2D eigenvalue weighted by Crippen LogP contribution is 2.35. The van der Waals surface area contributed by atoms with E-state index in [1.54, 1.807) is 7.11 Å². The number of hydrogen-bond acceptors (Lipinski definition) is 3. The molecule has 6 heteroatoms. The van der Waals surface area contributed by atoms with E-state index < -0.39 is 0 Å². The predicted octanol–water partition coefficient (Wildman–Crippen LogP) is 4.29. The van der Waals surface area contributed by atoms with Crippen molar-refractivity contribution in [1.29, 1.82) is 0 Å². The van der Waals surface area contributed by atoms with Gasteiger partial charge in [-0.15, -0.1) is 12.4 Å². The first-order valence-electron chi connectivity index (χ1n) is 10.4. The van der Waals surface area contributed by atoms with Gasteiger partial charge in [0.1, 0.15) is 5.75 Å². The van der Waals surface area contributed by atoms with Gasteiger partial charge >= 0.3 is 0 Å². The molecule has 2 bridgehead atoms. The van der Waals surface area contributed by atoms with Crippen molar-refractivity contribution in [2.24, 2.45) is 7.05 Å². The van der Waals surface area contributed by atoms with Crippen LogP contribution in [-0.2, 0) is 7.05 Å². The molecule has 5 rings (SSSR count). The van der Waals surface area contributed by atoms with Gasteiger partial charge in [0.25, 0.3) is 5.91 Å². The van der Waals surface area contributed by atoms with Gasteiger partial charge < -0.3 is 19.9 Å². The van der Waals surface area contributed by atoms with E-state index in [-0.39, 0.29) is 24.4 Å². The topological polar surface area (TPSA) is 55.3 Å². The fourth-order valence-corrected chi connectivity index (χ4v) is 5.15. The summed E-state index contributed by atoms with van der Waals surface area (Å²) < 4.78 is 7.57. The summed E-state index contributed by atoms with van der Waals surface area (Å²) >= 11 is 0. The first kappa shape index (κ1) is 20.8. The Bertz CT molecular complexity index is 1050. The molecule has 1 amide bonds. The van der Waals surface area contributed by atoms with Crippen LogP contribution in [0.2, 0.25) is 0 Å². The number of carbonyl (C=O) groups is 1. The van der Waals surface area contributed by atoms with E-state index in [2.05, 4.69) is 27.3 Å². The van der Waals surface area contributed by atoms with Crippen molar-refractivity contribution in [2.75, 3.05) is 7.11 Å². The zero-order valence-electron chi connectivity index (χ0n) is 17.4. The molecule has 2 N–H and O–H groups in total. The normalized spacial score (nSPS) is 22.5. The molecule has 1 aromatic heterocycles. The number of amides is 1. The van der Waals surface area contributed by atoms with Crippen molar-refractivity contribution in [3.8, 4) is 17.0 Å². The van der Waals surface area contributed by atoms with Gasteiger partial charge in [0.05, 0.1) is 18.4 Å². The number of carbonyl (C=O) groups excluding carboxylic acids is 1. The number of fused-ring (bicyclic) bond motifs is 3. The highest BCUT2D eigenvalue weighted by Gasteiger charge is 2.35. The summed E-state index contributed by atoms with van der Waals surface area (Å²) in [5.74, 6) is 0.769. The Balaban J connectivity index is 0.00000218. The van der Waals surface area contributed by atoms with Crippen LogP contribution in [-0.4, -0.2) is 35.7 Å². The van der Waals surface area contributed by atoms with E-state index in [4.69, 9.17) is 4.74 Å². The van der Waals surface area contributed by atoms with Crippen molar-refractivity contribution in [3.05, 3.63) is 54.1 Å². The first-order chi connectivity index (χ1) is 14.1. The Morgan fingerprint density at radius 1 is 1.10 bits per heavy atom. The second kappa shape index (κ2) is 8.32. The molecule has 2 aliphatic heterocycles. The highest BCUT2D eigenvalue weighted by molar-refractivity contribution is 6.13. The Morgan fingerprint density at radius 2 is 1.80 bits per heavy atom. The van der Waals surface area contributed by atoms with Crippen LogP contribution < -0.4 is 15.4 Å². The lowest BCUT2D eigenvalue weighted by Gasteiger charge is -2.29. The average Bonchev–Trinajstić information content (AvgIpc) is 3.24. The van der Waals surface area contributed by atoms with Crippen LogP contribution in [0, 0.1) is 0 Å². The van der Waals surface area contributed by atoms with Crippen LogP contribution >= 0.6 is 12.4 Å². The Morgan fingerprint density at radius 3 is 2.47 bits per heavy atom. The highest BCUT2D eigenvalue weighted by atomic mass is 35.5. The Labute approximate surface area is 183 Å². The third-order valence-electron chi connectivity index (χ3n) is 6.49. The van der Waals surface area contributed by atoms with Gasteiger partial charge in [0.15, 0.2) is 0 Å². The largest absolute Gasteiger partial charge is 0.497 e. The summed E-state index contributed by atoms with van der Waals surface area (Å²) in [7, 11) is 3.69. The molecule has 0 radical (unpaired) electrons. The average molecular weight is 426 g/mol. The quantitative estimate of drug-likeness (QED) is 0.655. The SMILES string of the molecule is COc1ccc2c(c1)c(C(=O)NC1CC3CCC(C1)N3)c(-c1ccccc1)n2C.Cl. The third kappa shape index (κ3) is 3.57. The predicted molar refractivity (Wildman–Crippen MR) is 123 cm³/mol. The molecule has 2 aliphatic rings. The van der Waals surface area contributed by atoms with Gasteiger partial charge in [-0.1, -0.05) is 30.3 Å². The molecule has 0 spiro atoms. The molecule has 2 aromatic carbocycles. The molecule has 3 aromatic rings. The number of benzene rings is 2.